The topological polar surface area (TPSA) is 46.6 Å². The van der Waals surface area contributed by atoms with E-state index in [2.05, 4.69) is 0 Å². The van der Waals surface area contributed by atoms with E-state index in [0.29, 0.717) is 13.2 Å². The molecule has 4 nitrogen and oxygen atoms in total. The Morgan fingerprint density at radius 2 is 1.85 bits per heavy atom. The molecule has 0 aromatic heterocycles. The van der Waals surface area contributed by atoms with Crippen molar-refractivity contribution in [2.45, 2.75) is 42.7 Å². The van der Waals surface area contributed by atoms with E-state index in [0.717, 1.165) is 25.7 Å². The second-order valence-electron chi connectivity index (χ2n) is 5.33. The van der Waals surface area contributed by atoms with Gasteiger partial charge in [0, 0.05) is 6.54 Å². The van der Waals surface area contributed by atoms with Crippen LogP contribution in [-0.4, -0.2) is 38.0 Å². The zero-order valence-electron chi connectivity index (χ0n) is 11.2. The molecule has 1 saturated carbocycles. The van der Waals surface area contributed by atoms with Crippen LogP contribution in [0.1, 0.15) is 25.7 Å². The van der Waals surface area contributed by atoms with Crippen molar-refractivity contribution >= 4 is 10.0 Å². The molecule has 1 saturated heterocycles. The molecule has 1 heterocycles. The van der Waals surface area contributed by atoms with Gasteiger partial charge < -0.3 is 4.74 Å². The highest BCUT2D eigenvalue weighted by molar-refractivity contribution is 7.89. The Kier molecular flexibility index (Phi) is 3.79. The maximum atomic E-state index is 13.0. The Hall–Kier alpha value is -0.980. The number of sulfonamides is 1. The van der Waals surface area contributed by atoms with E-state index in [1.807, 2.05) is 0 Å². The quantitative estimate of drug-likeness (QED) is 0.840. The lowest BCUT2D eigenvalue weighted by molar-refractivity contribution is -0.0586. The van der Waals surface area contributed by atoms with Crippen LogP contribution in [0.3, 0.4) is 0 Å². The van der Waals surface area contributed by atoms with Crippen molar-refractivity contribution in [3.05, 3.63) is 30.1 Å². The minimum atomic E-state index is -3.56. The Labute approximate surface area is 118 Å². The smallest absolute Gasteiger partial charge is 0.243 e. The van der Waals surface area contributed by atoms with Gasteiger partial charge in [-0.25, -0.2) is 12.8 Å². The Balaban J connectivity index is 1.91. The highest BCUT2D eigenvalue weighted by atomic mass is 32.2. The summed E-state index contributed by atoms with van der Waals surface area (Å²) in [6.45, 7) is 0.808. The van der Waals surface area contributed by atoms with E-state index in [1.165, 1.54) is 24.3 Å². The normalized spacial score (nSPS) is 28.1. The first-order valence-electron chi connectivity index (χ1n) is 6.98. The molecule has 1 aliphatic heterocycles. The van der Waals surface area contributed by atoms with Crippen molar-refractivity contribution in [2.24, 2.45) is 0 Å². The summed E-state index contributed by atoms with van der Waals surface area (Å²) in [5.74, 6) is -0.429. The van der Waals surface area contributed by atoms with Gasteiger partial charge in [-0.15, -0.1) is 0 Å². The van der Waals surface area contributed by atoms with Crippen LogP contribution in [0, 0.1) is 5.82 Å². The maximum Gasteiger partial charge on any atom is 0.243 e. The summed E-state index contributed by atoms with van der Waals surface area (Å²) in [4.78, 5) is 0.158. The summed E-state index contributed by atoms with van der Waals surface area (Å²) in [7, 11) is -3.56. The molecule has 0 radical (unpaired) electrons. The third kappa shape index (κ3) is 2.47. The molecule has 110 valence electrons. The SMILES string of the molecule is O=S(=O)(c1ccc(F)cc1)N1CCOC2CCCCC21. The van der Waals surface area contributed by atoms with Crippen molar-refractivity contribution in [1.29, 1.82) is 0 Å². The number of halogens is 1. The summed E-state index contributed by atoms with van der Waals surface area (Å²) < 4.78 is 45.6. The Bertz CT molecular complexity index is 571. The molecule has 0 bridgehead atoms. The number of ether oxygens (including phenoxy) is 1. The molecule has 6 heteroatoms. The van der Waals surface area contributed by atoms with Crippen LogP contribution in [0.4, 0.5) is 4.39 Å². The fourth-order valence-electron chi connectivity index (χ4n) is 3.10. The first-order valence-corrected chi connectivity index (χ1v) is 8.42. The highest BCUT2D eigenvalue weighted by Gasteiger charge is 2.40. The van der Waals surface area contributed by atoms with E-state index in [9.17, 15) is 12.8 Å². The number of morpholine rings is 1. The first-order chi connectivity index (χ1) is 9.59. The molecule has 2 aliphatic rings. The molecule has 1 aliphatic carbocycles. The third-order valence-electron chi connectivity index (χ3n) is 4.10. The molecule has 3 rings (SSSR count). The summed E-state index contributed by atoms with van der Waals surface area (Å²) in [6, 6.07) is 4.96. The predicted molar refractivity (Wildman–Crippen MR) is 72.3 cm³/mol. The average Bonchev–Trinajstić information content (AvgIpc) is 2.47. The number of benzene rings is 1. The fraction of sp³-hybridized carbons (Fsp3) is 0.571. The van der Waals surface area contributed by atoms with Crippen LogP contribution in [-0.2, 0) is 14.8 Å². The molecule has 2 fully saturated rings. The molecule has 0 N–H and O–H groups in total. The number of hydrogen-bond donors (Lipinski definition) is 0. The molecule has 20 heavy (non-hydrogen) atoms. The van der Waals surface area contributed by atoms with Gasteiger partial charge in [0.15, 0.2) is 0 Å². The first kappa shape index (κ1) is 14.0. The van der Waals surface area contributed by atoms with Crippen LogP contribution in [0.25, 0.3) is 0 Å². The van der Waals surface area contributed by atoms with Crippen LogP contribution >= 0.6 is 0 Å². The van der Waals surface area contributed by atoms with Gasteiger partial charge in [-0.05, 0) is 37.1 Å². The zero-order chi connectivity index (χ0) is 14.2. The fourth-order valence-corrected chi connectivity index (χ4v) is 4.76. The Morgan fingerprint density at radius 1 is 1.15 bits per heavy atom. The second kappa shape index (κ2) is 5.42. The van der Waals surface area contributed by atoms with Crippen molar-refractivity contribution in [3.8, 4) is 0 Å². The highest BCUT2D eigenvalue weighted by Crippen LogP contribution is 2.32. The summed E-state index contributed by atoms with van der Waals surface area (Å²) in [6.07, 6.45) is 3.88. The minimum absolute atomic E-state index is 0.00715. The van der Waals surface area contributed by atoms with Gasteiger partial charge in [-0.3, -0.25) is 0 Å². The molecular formula is C14H18FNO3S. The van der Waals surface area contributed by atoms with Crippen LogP contribution in [0.5, 0.6) is 0 Å². The van der Waals surface area contributed by atoms with Crippen molar-refractivity contribution < 1.29 is 17.5 Å². The van der Waals surface area contributed by atoms with E-state index < -0.39 is 15.8 Å². The monoisotopic (exact) mass is 299 g/mol. The average molecular weight is 299 g/mol. The van der Waals surface area contributed by atoms with Gasteiger partial charge in [0.05, 0.1) is 23.6 Å². The van der Waals surface area contributed by atoms with Gasteiger partial charge in [-0.1, -0.05) is 12.8 Å². The van der Waals surface area contributed by atoms with Gasteiger partial charge in [-0.2, -0.15) is 4.31 Å². The molecule has 2 atom stereocenters. The van der Waals surface area contributed by atoms with Crippen molar-refractivity contribution in [3.63, 3.8) is 0 Å². The summed E-state index contributed by atoms with van der Waals surface area (Å²) >= 11 is 0. The van der Waals surface area contributed by atoms with Gasteiger partial charge in [0.2, 0.25) is 10.0 Å². The number of nitrogens with zero attached hydrogens (tertiary/aromatic N) is 1. The molecule has 2 unspecified atom stereocenters. The molecule has 0 spiro atoms. The standard InChI is InChI=1S/C14H18FNO3S/c15-11-5-7-12(8-6-11)20(17,18)16-9-10-19-14-4-2-1-3-13(14)16/h5-8,13-14H,1-4,9-10H2. The molecule has 0 amide bonds. The molecule has 1 aromatic rings. The van der Waals surface area contributed by atoms with Crippen LogP contribution in [0.2, 0.25) is 0 Å². The van der Waals surface area contributed by atoms with E-state index in [-0.39, 0.29) is 17.0 Å². The van der Waals surface area contributed by atoms with Gasteiger partial charge in [0.1, 0.15) is 5.82 Å². The van der Waals surface area contributed by atoms with Crippen LogP contribution < -0.4 is 0 Å². The lowest BCUT2D eigenvalue weighted by atomic mass is 9.91. The largest absolute Gasteiger partial charge is 0.375 e. The predicted octanol–water partition coefficient (Wildman–Crippen LogP) is 2.16. The lowest BCUT2D eigenvalue weighted by Gasteiger charge is -2.42. The number of fused-ring (bicyclic) bond motifs is 1. The summed E-state index contributed by atoms with van der Waals surface area (Å²) in [5.41, 5.74) is 0. The Morgan fingerprint density at radius 3 is 2.60 bits per heavy atom. The van der Waals surface area contributed by atoms with E-state index >= 15 is 0 Å². The lowest BCUT2D eigenvalue weighted by Crippen LogP contribution is -2.54. The van der Waals surface area contributed by atoms with Crippen molar-refractivity contribution in [1.82, 2.24) is 4.31 Å². The second-order valence-corrected chi connectivity index (χ2v) is 7.22. The van der Waals surface area contributed by atoms with E-state index in [4.69, 9.17) is 4.74 Å². The summed E-state index contributed by atoms with van der Waals surface area (Å²) in [5, 5.41) is 0. The number of rotatable bonds is 2. The van der Waals surface area contributed by atoms with Crippen molar-refractivity contribution in [2.75, 3.05) is 13.2 Å². The van der Waals surface area contributed by atoms with Gasteiger partial charge in [0.25, 0.3) is 0 Å². The van der Waals surface area contributed by atoms with Gasteiger partial charge >= 0.3 is 0 Å². The molecule has 1 aromatic carbocycles. The number of hydrogen-bond acceptors (Lipinski definition) is 3. The maximum absolute atomic E-state index is 13.0. The molecular weight excluding hydrogens is 281 g/mol. The minimum Gasteiger partial charge on any atom is -0.375 e. The zero-order valence-corrected chi connectivity index (χ0v) is 12.0. The third-order valence-corrected chi connectivity index (χ3v) is 6.04. The van der Waals surface area contributed by atoms with Crippen LogP contribution in [0.15, 0.2) is 29.2 Å². The van der Waals surface area contributed by atoms with E-state index in [1.54, 1.807) is 4.31 Å².